The molecule has 1 aliphatic rings. The minimum atomic E-state index is -0.640. The Labute approximate surface area is 102 Å². The number of hydrogen-bond acceptors (Lipinski definition) is 2. The highest BCUT2D eigenvalue weighted by Gasteiger charge is 2.31. The van der Waals surface area contributed by atoms with Crippen LogP contribution in [0.25, 0.3) is 0 Å². The maximum atomic E-state index is 12.8. The summed E-state index contributed by atoms with van der Waals surface area (Å²) in [5.74, 6) is 0.405. The fraction of sp³-hybridized carbons (Fsp3) is 0.571. The molecule has 0 bridgehead atoms. The zero-order valence-corrected chi connectivity index (χ0v) is 10.0. The van der Waals surface area contributed by atoms with Crippen LogP contribution in [0, 0.1) is 11.7 Å². The van der Waals surface area contributed by atoms with Crippen molar-refractivity contribution < 1.29 is 9.50 Å². The first-order valence-electron chi connectivity index (χ1n) is 6.28. The molecule has 3 N–H and O–H groups in total. The van der Waals surface area contributed by atoms with Crippen LogP contribution in [0.3, 0.4) is 0 Å². The second kappa shape index (κ2) is 5.15. The molecule has 0 radical (unpaired) electrons. The van der Waals surface area contributed by atoms with Gasteiger partial charge in [-0.05, 0) is 55.7 Å². The van der Waals surface area contributed by atoms with E-state index in [9.17, 15) is 9.50 Å². The van der Waals surface area contributed by atoms with Gasteiger partial charge in [-0.2, -0.15) is 0 Å². The minimum Gasteiger partial charge on any atom is -0.389 e. The number of halogens is 1. The summed E-state index contributed by atoms with van der Waals surface area (Å²) in [7, 11) is 0. The number of aliphatic hydroxyl groups is 1. The molecule has 94 valence electrons. The summed E-state index contributed by atoms with van der Waals surface area (Å²) < 4.78 is 12.8. The third kappa shape index (κ3) is 3.27. The van der Waals surface area contributed by atoms with Crippen LogP contribution in [0.4, 0.5) is 4.39 Å². The Morgan fingerprint density at radius 2 is 1.82 bits per heavy atom. The lowest BCUT2D eigenvalue weighted by atomic mass is 9.77. The average molecular weight is 237 g/mol. The van der Waals surface area contributed by atoms with Crippen molar-refractivity contribution in [3.05, 3.63) is 35.6 Å². The van der Waals surface area contributed by atoms with Crippen molar-refractivity contribution in [2.75, 3.05) is 6.54 Å². The molecule has 17 heavy (non-hydrogen) atoms. The van der Waals surface area contributed by atoms with Crippen molar-refractivity contribution in [2.24, 2.45) is 11.7 Å². The van der Waals surface area contributed by atoms with Crippen LogP contribution in [0.15, 0.2) is 24.3 Å². The molecule has 3 heteroatoms. The molecule has 1 fully saturated rings. The first-order chi connectivity index (χ1) is 8.11. The van der Waals surface area contributed by atoms with Crippen LogP contribution in [0.5, 0.6) is 0 Å². The van der Waals surface area contributed by atoms with Crippen LogP contribution < -0.4 is 5.73 Å². The van der Waals surface area contributed by atoms with Gasteiger partial charge in [-0.15, -0.1) is 0 Å². The zero-order valence-electron chi connectivity index (χ0n) is 10.0. The van der Waals surface area contributed by atoms with Crippen molar-refractivity contribution in [1.29, 1.82) is 0 Å². The summed E-state index contributed by atoms with van der Waals surface area (Å²) in [6.45, 7) is 0.357. The maximum absolute atomic E-state index is 12.8. The van der Waals surface area contributed by atoms with Crippen molar-refractivity contribution in [3.8, 4) is 0 Å². The van der Waals surface area contributed by atoms with Gasteiger partial charge in [0.15, 0.2) is 0 Å². The molecule has 2 nitrogen and oxygen atoms in total. The van der Waals surface area contributed by atoms with Crippen LogP contribution >= 0.6 is 0 Å². The van der Waals surface area contributed by atoms with Crippen molar-refractivity contribution in [3.63, 3.8) is 0 Å². The molecule has 1 aromatic rings. The van der Waals surface area contributed by atoms with Gasteiger partial charge in [-0.25, -0.2) is 4.39 Å². The molecular formula is C14H20FNO. The largest absolute Gasteiger partial charge is 0.389 e. The van der Waals surface area contributed by atoms with E-state index in [1.165, 1.54) is 17.7 Å². The van der Waals surface area contributed by atoms with E-state index in [0.29, 0.717) is 12.5 Å². The molecule has 0 saturated heterocycles. The van der Waals surface area contributed by atoms with Crippen molar-refractivity contribution in [2.45, 2.75) is 37.7 Å². The molecule has 0 aliphatic heterocycles. The Kier molecular flexibility index (Phi) is 3.79. The van der Waals surface area contributed by atoms with Gasteiger partial charge >= 0.3 is 0 Å². The fourth-order valence-corrected chi connectivity index (χ4v) is 2.58. The molecule has 0 amide bonds. The predicted molar refractivity (Wildman–Crippen MR) is 66.1 cm³/mol. The summed E-state index contributed by atoms with van der Waals surface area (Å²) in [6, 6.07) is 6.71. The van der Waals surface area contributed by atoms with Crippen LogP contribution in [-0.2, 0) is 6.42 Å². The monoisotopic (exact) mass is 237 g/mol. The van der Waals surface area contributed by atoms with E-state index in [1.807, 2.05) is 12.1 Å². The normalized spacial score (nSPS) is 29.2. The van der Waals surface area contributed by atoms with Gasteiger partial charge in [0.2, 0.25) is 0 Å². The molecule has 0 heterocycles. The Bertz CT molecular complexity index is 355. The summed E-state index contributed by atoms with van der Waals surface area (Å²) in [5, 5.41) is 10.0. The number of hydrogen-bond donors (Lipinski definition) is 2. The first-order valence-corrected chi connectivity index (χ1v) is 6.28. The van der Waals surface area contributed by atoms with E-state index >= 15 is 0 Å². The van der Waals surface area contributed by atoms with Gasteiger partial charge in [0.1, 0.15) is 5.82 Å². The number of benzene rings is 1. The Hall–Kier alpha value is -0.930. The predicted octanol–water partition coefficient (Wildman–Crippen LogP) is 2.25. The summed E-state index contributed by atoms with van der Waals surface area (Å²) >= 11 is 0. The topological polar surface area (TPSA) is 46.2 Å². The fourth-order valence-electron chi connectivity index (χ4n) is 2.58. The molecule has 0 unspecified atom stereocenters. The summed E-state index contributed by atoms with van der Waals surface area (Å²) in [4.78, 5) is 0. The third-order valence-electron chi connectivity index (χ3n) is 3.85. The Morgan fingerprint density at radius 1 is 1.24 bits per heavy atom. The first kappa shape index (κ1) is 12.5. The number of rotatable bonds is 3. The van der Waals surface area contributed by atoms with Gasteiger partial charge in [0, 0.05) is 6.54 Å². The molecule has 2 rings (SSSR count). The SMILES string of the molecule is NCC1(O)CCC(Cc2ccc(F)cc2)CC1. The van der Waals surface area contributed by atoms with Crippen molar-refractivity contribution >= 4 is 0 Å². The quantitative estimate of drug-likeness (QED) is 0.847. The van der Waals surface area contributed by atoms with Crippen LogP contribution in [0.1, 0.15) is 31.2 Å². The van der Waals surface area contributed by atoms with Gasteiger partial charge in [0.25, 0.3) is 0 Å². The lowest BCUT2D eigenvalue weighted by molar-refractivity contribution is -0.000913. The Balaban J connectivity index is 1.88. The van der Waals surface area contributed by atoms with E-state index < -0.39 is 5.60 Å². The number of nitrogens with two attached hydrogens (primary N) is 1. The standard InChI is InChI=1S/C14H20FNO/c15-13-3-1-11(2-4-13)9-12-5-7-14(17,10-16)8-6-12/h1-4,12,17H,5-10,16H2. The van der Waals surface area contributed by atoms with Gasteiger partial charge in [-0.1, -0.05) is 12.1 Å². The van der Waals surface area contributed by atoms with E-state index in [0.717, 1.165) is 32.1 Å². The zero-order chi connectivity index (χ0) is 12.3. The van der Waals surface area contributed by atoms with Gasteiger partial charge in [0.05, 0.1) is 5.60 Å². The highest BCUT2D eigenvalue weighted by atomic mass is 19.1. The maximum Gasteiger partial charge on any atom is 0.123 e. The second-order valence-corrected chi connectivity index (χ2v) is 5.20. The second-order valence-electron chi connectivity index (χ2n) is 5.20. The van der Waals surface area contributed by atoms with Gasteiger partial charge < -0.3 is 10.8 Å². The van der Waals surface area contributed by atoms with Crippen molar-refractivity contribution in [1.82, 2.24) is 0 Å². The van der Waals surface area contributed by atoms with E-state index in [-0.39, 0.29) is 5.82 Å². The highest BCUT2D eigenvalue weighted by Crippen LogP contribution is 2.33. The molecule has 0 atom stereocenters. The summed E-state index contributed by atoms with van der Waals surface area (Å²) in [6.07, 6.45) is 4.56. The van der Waals surface area contributed by atoms with E-state index in [4.69, 9.17) is 5.73 Å². The Morgan fingerprint density at radius 3 is 2.35 bits per heavy atom. The molecule has 1 aromatic carbocycles. The minimum absolute atomic E-state index is 0.185. The van der Waals surface area contributed by atoms with Crippen LogP contribution in [-0.4, -0.2) is 17.3 Å². The van der Waals surface area contributed by atoms with Gasteiger partial charge in [-0.3, -0.25) is 0 Å². The average Bonchev–Trinajstić information content (AvgIpc) is 2.35. The highest BCUT2D eigenvalue weighted by molar-refractivity contribution is 5.16. The van der Waals surface area contributed by atoms with E-state index in [1.54, 1.807) is 0 Å². The molecular weight excluding hydrogens is 217 g/mol. The molecule has 1 aliphatic carbocycles. The lowest BCUT2D eigenvalue weighted by Gasteiger charge is -2.35. The molecule has 0 aromatic heterocycles. The lowest BCUT2D eigenvalue weighted by Crippen LogP contribution is -2.41. The molecule has 1 saturated carbocycles. The molecule has 0 spiro atoms. The smallest absolute Gasteiger partial charge is 0.123 e. The third-order valence-corrected chi connectivity index (χ3v) is 3.85. The van der Waals surface area contributed by atoms with Crippen LogP contribution in [0.2, 0.25) is 0 Å². The summed E-state index contributed by atoms with van der Waals surface area (Å²) in [5.41, 5.74) is 6.10. The van der Waals surface area contributed by atoms with E-state index in [2.05, 4.69) is 0 Å².